The molecule has 0 heterocycles. The number of hydrogen-bond donors (Lipinski definition) is 2. The van der Waals surface area contributed by atoms with Gasteiger partial charge in [0.1, 0.15) is 0 Å². The summed E-state index contributed by atoms with van der Waals surface area (Å²) in [6.45, 7) is 1.81. The molecule has 0 aromatic rings. The maximum atomic E-state index is 10.7. The van der Waals surface area contributed by atoms with Gasteiger partial charge in [0.05, 0.1) is 0 Å². The van der Waals surface area contributed by atoms with Gasteiger partial charge in [0.15, 0.2) is 5.60 Å². The van der Waals surface area contributed by atoms with E-state index in [2.05, 4.69) is 0 Å². The molecule has 3 nitrogen and oxygen atoms in total. The van der Waals surface area contributed by atoms with Gasteiger partial charge in [-0.05, 0) is 13.0 Å². The second-order valence-electron chi connectivity index (χ2n) is 2.78. The number of carbonyl (C=O) groups excluding carboxylic acids is 1. The van der Waals surface area contributed by atoms with Crippen molar-refractivity contribution in [1.29, 1.82) is 0 Å². The number of carbonyl (C=O) groups is 1. The van der Waals surface area contributed by atoms with Gasteiger partial charge in [-0.1, -0.05) is 17.7 Å². The normalized spacial score (nSPS) is 29.8. The lowest BCUT2D eigenvalue weighted by molar-refractivity contribution is -0.131. The average molecular weight is 153 g/mol. The molecule has 1 rings (SSSR count). The Kier molecular flexibility index (Phi) is 1.83. The third kappa shape index (κ3) is 1.49. The Morgan fingerprint density at radius 3 is 2.82 bits per heavy atom. The van der Waals surface area contributed by atoms with Crippen molar-refractivity contribution >= 4 is 5.91 Å². The molecule has 0 saturated heterocycles. The predicted octanol–water partition coefficient (Wildman–Crippen LogP) is 0.109. The van der Waals surface area contributed by atoms with E-state index in [1.807, 2.05) is 13.0 Å². The molecule has 0 bridgehead atoms. The van der Waals surface area contributed by atoms with E-state index in [1.165, 1.54) is 6.08 Å². The summed E-state index contributed by atoms with van der Waals surface area (Å²) >= 11 is 0. The Labute approximate surface area is 65.2 Å². The van der Waals surface area contributed by atoms with Crippen LogP contribution in [0.5, 0.6) is 0 Å². The number of aliphatic hydroxyl groups is 1. The fourth-order valence-electron chi connectivity index (χ4n) is 1.08. The molecule has 60 valence electrons. The first-order chi connectivity index (χ1) is 5.04. The largest absolute Gasteiger partial charge is 0.376 e. The summed E-state index contributed by atoms with van der Waals surface area (Å²) in [6, 6.07) is 0. The molecule has 1 unspecified atom stereocenters. The van der Waals surface area contributed by atoms with Crippen molar-refractivity contribution in [2.24, 2.45) is 5.73 Å². The van der Waals surface area contributed by atoms with Gasteiger partial charge < -0.3 is 10.8 Å². The molecule has 0 radical (unpaired) electrons. The highest BCUT2D eigenvalue weighted by atomic mass is 16.3. The Bertz CT molecular complexity index is 242. The lowest BCUT2D eigenvalue weighted by atomic mass is 9.92. The molecule has 1 atom stereocenters. The van der Waals surface area contributed by atoms with Gasteiger partial charge in [-0.15, -0.1) is 0 Å². The predicted molar refractivity (Wildman–Crippen MR) is 41.7 cm³/mol. The first kappa shape index (κ1) is 8.01. The van der Waals surface area contributed by atoms with Crippen LogP contribution >= 0.6 is 0 Å². The highest BCUT2D eigenvalue weighted by molar-refractivity contribution is 5.86. The smallest absolute Gasteiger partial charge is 0.253 e. The molecule has 0 aromatic carbocycles. The van der Waals surface area contributed by atoms with Crippen molar-refractivity contribution in [2.45, 2.75) is 18.9 Å². The second-order valence-corrected chi connectivity index (χ2v) is 2.78. The van der Waals surface area contributed by atoms with Gasteiger partial charge in [0.25, 0.3) is 5.91 Å². The van der Waals surface area contributed by atoms with E-state index in [4.69, 9.17) is 5.73 Å². The summed E-state index contributed by atoms with van der Waals surface area (Å²) in [5, 5.41) is 9.52. The summed E-state index contributed by atoms with van der Waals surface area (Å²) in [5.74, 6) is -0.693. The quantitative estimate of drug-likeness (QED) is 0.561. The van der Waals surface area contributed by atoms with Crippen LogP contribution in [-0.4, -0.2) is 16.6 Å². The average Bonchev–Trinajstić information content (AvgIpc) is 1.86. The van der Waals surface area contributed by atoms with Crippen LogP contribution in [0.25, 0.3) is 0 Å². The van der Waals surface area contributed by atoms with Crippen LogP contribution in [0.2, 0.25) is 0 Å². The van der Waals surface area contributed by atoms with Crippen LogP contribution < -0.4 is 5.73 Å². The van der Waals surface area contributed by atoms with Crippen molar-refractivity contribution in [3.05, 3.63) is 23.8 Å². The monoisotopic (exact) mass is 153 g/mol. The van der Waals surface area contributed by atoms with Crippen LogP contribution in [0.3, 0.4) is 0 Å². The molecule has 1 aliphatic rings. The zero-order valence-corrected chi connectivity index (χ0v) is 6.37. The molecule has 0 aromatic heterocycles. The zero-order valence-electron chi connectivity index (χ0n) is 6.37. The van der Waals surface area contributed by atoms with Crippen LogP contribution in [-0.2, 0) is 4.79 Å². The van der Waals surface area contributed by atoms with Gasteiger partial charge >= 0.3 is 0 Å². The SMILES string of the molecule is CC1=CC(O)(C(N)=O)CC=C1. The van der Waals surface area contributed by atoms with Crippen molar-refractivity contribution in [3.63, 3.8) is 0 Å². The number of nitrogens with two attached hydrogens (primary N) is 1. The third-order valence-electron chi connectivity index (χ3n) is 1.70. The minimum absolute atomic E-state index is 0.277. The molecule has 11 heavy (non-hydrogen) atoms. The lowest BCUT2D eigenvalue weighted by Gasteiger charge is -2.22. The molecular weight excluding hydrogens is 142 g/mol. The minimum atomic E-state index is -1.46. The molecule has 3 N–H and O–H groups in total. The van der Waals surface area contributed by atoms with Gasteiger partial charge in [-0.3, -0.25) is 4.79 Å². The molecule has 0 spiro atoms. The van der Waals surface area contributed by atoms with E-state index < -0.39 is 11.5 Å². The summed E-state index contributed by atoms with van der Waals surface area (Å²) in [7, 11) is 0. The van der Waals surface area contributed by atoms with Crippen LogP contribution in [0, 0.1) is 0 Å². The van der Waals surface area contributed by atoms with E-state index >= 15 is 0 Å². The Morgan fingerprint density at radius 2 is 2.45 bits per heavy atom. The van der Waals surface area contributed by atoms with E-state index in [1.54, 1.807) is 6.08 Å². The molecular formula is C8H11NO2. The first-order valence-corrected chi connectivity index (χ1v) is 3.43. The van der Waals surface area contributed by atoms with Crippen molar-refractivity contribution in [3.8, 4) is 0 Å². The molecule has 1 aliphatic carbocycles. The summed E-state index contributed by atoms with van der Waals surface area (Å²) in [4.78, 5) is 10.7. The molecule has 0 fully saturated rings. The fraction of sp³-hybridized carbons (Fsp3) is 0.375. The highest BCUT2D eigenvalue weighted by Gasteiger charge is 2.31. The van der Waals surface area contributed by atoms with E-state index in [0.29, 0.717) is 0 Å². The summed E-state index contributed by atoms with van der Waals surface area (Å²) < 4.78 is 0. The number of primary amides is 1. The van der Waals surface area contributed by atoms with Gasteiger partial charge in [-0.25, -0.2) is 0 Å². The number of rotatable bonds is 1. The third-order valence-corrected chi connectivity index (χ3v) is 1.70. The number of amides is 1. The lowest BCUT2D eigenvalue weighted by Crippen LogP contribution is -2.42. The van der Waals surface area contributed by atoms with E-state index in [-0.39, 0.29) is 6.42 Å². The van der Waals surface area contributed by atoms with Crippen LogP contribution in [0.4, 0.5) is 0 Å². The Hall–Kier alpha value is -1.09. The topological polar surface area (TPSA) is 63.3 Å². The van der Waals surface area contributed by atoms with Gasteiger partial charge in [0.2, 0.25) is 0 Å². The molecule has 3 heteroatoms. The Morgan fingerprint density at radius 1 is 1.82 bits per heavy atom. The minimum Gasteiger partial charge on any atom is -0.376 e. The second kappa shape index (κ2) is 2.51. The van der Waals surface area contributed by atoms with E-state index in [9.17, 15) is 9.90 Å². The van der Waals surface area contributed by atoms with Gasteiger partial charge in [-0.2, -0.15) is 0 Å². The summed E-state index contributed by atoms with van der Waals surface area (Å²) in [5.41, 5.74) is 4.40. The first-order valence-electron chi connectivity index (χ1n) is 3.43. The highest BCUT2D eigenvalue weighted by Crippen LogP contribution is 2.20. The molecule has 0 saturated carbocycles. The van der Waals surface area contributed by atoms with Crippen molar-refractivity contribution in [2.75, 3.05) is 0 Å². The van der Waals surface area contributed by atoms with Crippen LogP contribution in [0.15, 0.2) is 23.8 Å². The molecule has 0 aliphatic heterocycles. The van der Waals surface area contributed by atoms with Crippen molar-refractivity contribution < 1.29 is 9.90 Å². The standard InChI is InChI=1S/C8H11NO2/c1-6-3-2-4-8(11,5-6)7(9)10/h2-3,5,11H,4H2,1H3,(H2,9,10). The number of allylic oxidation sites excluding steroid dienone is 2. The Balaban J connectivity index is 2.92. The zero-order chi connectivity index (χ0) is 8.48. The van der Waals surface area contributed by atoms with Gasteiger partial charge in [0, 0.05) is 6.42 Å². The van der Waals surface area contributed by atoms with Crippen molar-refractivity contribution in [1.82, 2.24) is 0 Å². The summed E-state index contributed by atoms with van der Waals surface area (Å²) in [6.07, 6.45) is 5.34. The van der Waals surface area contributed by atoms with Crippen LogP contribution in [0.1, 0.15) is 13.3 Å². The number of hydrogen-bond acceptors (Lipinski definition) is 2. The van der Waals surface area contributed by atoms with E-state index in [0.717, 1.165) is 5.57 Å². The maximum absolute atomic E-state index is 10.7. The fourth-order valence-corrected chi connectivity index (χ4v) is 1.08. The molecule has 1 amide bonds. The maximum Gasteiger partial charge on any atom is 0.253 e.